The third-order valence-electron chi connectivity index (χ3n) is 4.72. The summed E-state index contributed by atoms with van der Waals surface area (Å²) in [6.07, 6.45) is 22.2. The maximum atomic E-state index is 11.3. The van der Waals surface area contributed by atoms with E-state index in [1.165, 1.54) is 96.3 Å². The molecule has 1 unspecified atom stereocenters. The minimum atomic E-state index is -0.108. The van der Waals surface area contributed by atoms with Gasteiger partial charge in [-0.25, -0.2) is 0 Å². The van der Waals surface area contributed by atoms with Crippen molar-refractivity contribution in [1.82, 2.24) is 0 Å². The van der Waals surface area contributed by atoms with Gasteiger partial charge in [-0.2, -0.15) is 12.6 Å². The number of carbonyl (C=O) groups excluding carboxylic acids is 1. The van der Waals surface area contributed by atoms with Gasteiger partial charge in [0.2, 0.25) is 0 Å². The second-order valence-electron chi connectivity index (χ2n) is 7.58. The maximum absolute atomic E-state index is 11.3. The van der Waals surface area contributed by atoms with E-state index < -0.39 is 0 Å². The molecule has 0 aromatic heterocycles. The molecule has 0 saturated carbocycles. The van der Waals surface area contributed by atoms with E-state index >= 15 is 0 Å². The number of ether oxygens (including phenoxy) is 1. The van der Waals surface area contributed by atoms with E-state index in [0.717, 1.165) is 6.42 Å². The Morgan fingerprint density at radius 3 is 1.44 bits per heavy atom. The van der Waals surface area contributed by atoms with E-state index in [0.29, 0.717) is 13.0 Å². The molecule has 0 bridgehead atoms. The molecule has 150 valence electrons. The first kappa shape index (κ1) is 24.8. The van der Waals surface area contributed by atoms with Gasteiger partial charge in [0.1, 0.15) is 0 Å². The molecule has 0 saturated heterocycles. The summed E-state index contributed by atoms with van der Waals surface area (Å²) < 4.78 is 5.18. The Hall–Kier alpha value is -0.180. The quantitative estimate of drug-likeness (QED) is 0.144. The minimum Gasteiger partial charge on any atom is -0.466 e. The molecule has 0 aliphatic carbocycles. The molecule has 3 heteroatoms. The minimum absolute atomic E-state index is 0.0956. The first-order chi connectivity index (χ1) is 12.2. The molecular formula is C22H44O2S. The summed E-state index contributed by atoms with van der Waals surface area (Å²) in [5.74, 6) is -0.108. The maximum Gasteiger partial charge on any atom is 0.306 e. The van der Waals surface area contributed by atoms with Crippen molar-refractivity contribution in [2.45, 2.75) is 128 Å². The largest absolute Gasteiger partial charge is 0.466 e. The number of thiol groups is 1. The topological polar surface area (TPSA) is 26.3 Å². The van der Waals surface area contributed by atoms with Crippen molar-refractivity contribution in [1.29, 1.82) is 0 Å². The highest BCUT2D eigenvalue weighted by Gasteiger charge is 2.05. The Labute approximate surface area is 163 Å². The molecule has 0 heterocycles. The van der Waals surface area contributed by atoms with Gasteiger partial charge < -0.3 is 4.74 Å². The average molecular weight is 373 g/mol. The van der Waals surface area contributed by atoms with E-state index in [1.807, 2.05) is 6.92 Å². The number of unbranched alkanes of at least 4 members (excludes halogenated alkanes) is 15. The Balaban J connectivity index is 3.06. The zero-order valence-corrected chi connectivity index (χ0v) is 18.0. The number of rotatable bonds is 19. The number of carbonyl (C=O) groups is 1. The van der Waals surface area contributed by atoms with Crippen molar-refractivity contribution in [2.75, 3.05) is 6.61 Å². The van der Waals surface area contributed by atoms with Crippen molar-refractivity contribution in [3.05, 3.63) is 0 Å². The van der Waals surface area contributed by atoms with Gasteiger partial charge in [-0.15, -0.1) is 0 Å². The molecule has 0 radical (unpaired) electrons. The molecule has 1 atom stereocenters. The van der Waals surface area contributed by atoms with E-state index in [9.17, 15) is 4.79 Å². The van der Waals surface area contributed by atoms with Gasteiger partial charge >= 0.3 is 5.97 Å². The fraction of sp³-hybridized carbons (Fsp3) is 0.955. The zero-order chi connectivity index (χ0) is 18.6. The van der Waals surface area contributed by atoms with Crippen molar-refractivity contribution >= 4 is 18.6 Å². The van der Waals surface area contributed by atoms with Crippen molar-refractivity contribution in [3.63, 3.8) is 0 Å². The summed E-state index contributed by atoms with van der Waals surface area (Å²) in [7, 11) is 0. The fourth-order valence-electron chi connectivity index (χ4n) is 3.14. The van der Waals surface area contributed by atoms with Crippen molar-refractivity contribution in [3.8, 4) is 0 Å². The molecule has 0 aliphatic rings. The highest BCUT2D eigenvalue weighted by Crippen LogP contribution is 2.13. The Bertz CT molecular complexity index is 279. The summed E-state index contributed by atoms with van der Waals surface area (Å²) in [6.45, 7) is 4.78. The fourth-order valence-corrected chi connectivity index (χ4v) is 3.29. The molecule has 0 fully saturated rings. The van der Waals surface area contributed by atoms with Crippen LogP contribution in [0.1, 0.15) is 123 Å². The highest BCUT2D eigenvalue weighted by molar-refractivity contribution is 7.80. The third kappa shape index (κ3) is 21.8. The molecular weight excluding hydrogens is 328 g/mol. The van der Waals surface area contributed by atoms with E-state index in [-0.39, 0.29) is 11.2 Å². The molecule has 0 aromatic rings. The molecule has 0 spiro atoms. The van der Waals surface area contributed by atoms with Crippen LogP contribution in [-0.4, -0.2) is 17.8 Å². The summed E-state index contributed by atoms with van der Waals surface area (Å²) in [5.41, 5.74) is 0. The van der Waals surface area contributed by atoms with Gasteiger partial charge in [0.15, 0.2) is 0 Å². The molecule has 0 amide bonds. The number of hydrogen-bond donors (Lipinski definition) is 1. The molecule has 2 nitrogen and oxygen atoms in total. The molecule has 0 aliphatic heterocycles. The number of hydrogen-bond acceptors (Lipinski definition) is 3. The Kier molecular flexibility index (Phi) is 20.0. The predicted octanol–water partition coefficient (Wildman–Crippen LogP) is 7.50. The number of esters is 1. The van der Waals surface area contributed by atoms with Gasteiger partial charge in [0.25, 0.3) is 0 Å². The Morgan fingerprint density at radius 2 is 1.08 bits per heavy atom. The summed E-state index contributed by atoms with van der Waals surface area (Å²) in [6, 6.07) is 0. The summed E-state index contributed by atoms with van der Waals surface area (Å²) in [4.78, 5) is 11.3. The average Bonchev–Trinajstić information content (AvgIpc) is 2.57. The van der Waals surface area contributed by atoms with Crippen LogP contribution in [0.5, 0.6) is 0 Å². The van der Waals surface area contributed by atoms with Crippen LogP contribution in [0, 0.1) is 0 Å². The van der Waals surface area contributed by atoms with Crippen molar-refractivity contribution in [2.24, 2.45) is 0 Å². The normalized spacial score (nSPS) is 12.3. The van der Waals surface area contributed by atoms with Crippen LogP contribution in [0.25, 0.3) is 0 Å². The standard InChI is InChI=1S/C22H44O2S/c1-3-4-5-6-7-8-9-10-11-12-13-14-15-16-17-18-19-24-22(23)20-21(2)25/h21,25H,3-20H2,1-2H3. The monoisotopic (exact) mass is 372 g/mol. The van der Waals surface area contributed by atoms with Crippen LogP contribution in [0.15, 0.2) is 0 Å². The molecule has 25 heavy (non-hydrogen) atoms. The van der Waals surface area contributed by atoms with Gasteiger partial charge in [0.05, 0.1) is 13.0 Å². The van der Waals surface area contributed by atoms with Crippen LogP contribution < -0.4 is 0 Å². The second kappa shape index (κ2) is 20.1. The van der Waals surface area contributed by atoms with Crippen LogP contribution in [0.4, 0.5) is 0 Å². The van der Waals surface area contributed by atoms with Gasteiger partial charge in [-0.3, -0.25) is 4.79 Å². The highest BCUT2D eigenvalue weighted by atomic mass is 32.1. The van der Waals surface area contributed by atoms with E-state index in [2.05, 4.69) is 19.6 Å². The molecule has 0 N–H and O–H groups in total. The zero-order valence-electron chi connectivity index (χ0n) is 17.1. The molecule has 0 rings (SSSR count). The van der Waals surface area contributed by atoms with Gasteiger partial charge in [-0.05, 0) is 6.42 Å². The van der Waals surface area contributed by atoms with Gasteiger partial charge in [0, 0.05) is 5.25 Å². The third-order valence-corrected chi connectivity index (χ3v) is 4.91. The van der Waals surface area contributed by atoms with Crippen LogP contribution >= 0.6 is 12.6 Å². The van der Waals surface area contributed by atoms with Crippen LogP contribution in [0.2, 0.25) is 0 Å². The lowest BCUT2D eigenvalue weighted by Crippen LogP contribution is -2.10. The van der Waals surface area contributed by atoms with Crippen LogP contribution in [-0.2, 0) is 9.53 Å². The lowest BCUT2D eigenvalue weighted by atomic mass is 10.0. The lowest BCUT2D eigenvalue weighted by molar-refractivity contribution is -0.143. The smallest absolute Gasteiger partial charge is 0.306 e. The van der Waals surface area contributed by atoms with E-state index in [4.69, 9.17) is 4.74 Å². The van der Waals surface area contributed by atoms with Gasteiger partial charge in [-0.1, -0.05) is 110 Å². The SMILES string of the molecule is CCCCCCCCCCCCCCCCCCOC(=O)CC(C)S. The first-order valence-corrected chi connectivity index (χ1v) is 11.5. The van der Waals surface area contributed by atoms with E-state index in [1.54, 1.807) is 0 Å². The predicted molar refractivity (Wildman–Crippen MR) is 114 cm³/mol. The second-order valence-corrected chi connectivity index (χ2v) is 8.46. The summed E-state index contributed by atoms with van der Waals surface area (Å²) in [5, 5.41) is 0.0956. The molecule has 0 aromatic carbocycles. The summed E-state index contributed by atoms with van der Waals surface area (Å²) >= 11 is 4.19. The lowest BCUT2D eigenvalue weighted by Gasteiger charge is -2.06. The first-order valence-electron chi connectivity index (χ1n) is 11.0. The van der Waals surface area contributed by atoms with Crippen LogP contribution in [0.3, 0.4) is 0 Å². The van der Waals surface area contributed by atoms with Crippen molar-refractivity contribution < 1.29 is 9.53 Å². The Morgan fingerprint density at radius 1 is 0.720 bits per heavy atom.